The van der Waals surface area contributed by atoms with Crippen LogP contribution in [0, 0.1) is 5.41 Å². The summed E-state index contributed by atoms with van der Waals surface area (Å²) in [5, 5.41) is 3.60. The van der Waals surface area contributed by atoms with Gasteiger partial charge in [0.15, 0.2) is 0 Å². The van der Waals surface area contributed by atoms with E-state index in [0.717, 1.165) is 0 Å². The van der Waals surface area contributed by atoms with Gasteiger partial charge in [-0.15, -0.1) is 0 Å². The Morgan fingerprint density at radius 2 is 1.89 bits per heavy atom. The van der Waals surface area contributed by atoms with Gasteiger partial charge in [-0.2, -0.15) is 0 Å². The van der Waals surface area contributed by atoms with Crippen molar-refractivity contribution in [1.82, 2.24) is 15.1 Å². The highest BCUT2D eigenvalue weighted by Crippen LogP contribution is 2.37. The van der Waals surface area contributed by atoms with Crippen molar-refractivity contribution in [2.75, 3.05) is 40.3 Å². The first-order valence-electron chi connectivity index (χ1n) is 8.14. The predicted molar refractivity (Wildman–Crippen MR) is 82.6 cm³/mol. The summed E-state index contributed by atoms with van der Waals surface area (Å²) in [5.74, 6) is 0. The van der Waals surface area contributed by atoms with Gasteiger partial charge in [0.05, 0.1) is 0 Å². The van der Waals surface area contributed by atoms with Crippen LogP contribution in [0.1, 0.15) is 46.0 Å². The lowest BCUT2D eigenvalue weighted by atomic mass is 9.70. The second-order valence-corrected chi connectivity index (χ2v) is 7.24. The number of hydrogen-bond donors (Lipinski definition) is 1. The SMILES string of the molecule is CNC1C(N(C)CCN2CCCC2)CCCC1(C)C. The number of nitrogens with one attached hydrogen (secondary N) is 1. The summed E-state index contributed by atoms with van der Waals surface area (Å²) < 4.78 is 0. The van der Waals surface area contributed by atoms with E-state index in [1.165, 1.54) is 58.3 Å². The van der Waals surface area contributed by atoms with E-state index in [4.69, 9.17) is 0 Å². The van der Waals surface area contributed by atoms with Gasteiger partial charge in [-0.3, -0.25) is 0 Å². The Hall–Kier alpha value is -0.120. The first-order valence-corrected chi connectivity index (χ1v) is 8.14. The topological polar surface area (TPSA) is 18.5 Å². The third kappa shape index (κ3) is 3.71. The minimum atomic E-state index is 0.430. The molecule has 0 aromatic rings. The first-order chi connectivity index (χ1) is 9.04. The molecule has 1 aliphatic carbocycles. The van der Waals surface area contributed by atoms with Crippen LogP contribution in [0.5, 0.6) is 0 Å². The van der Waals surface area contributed by atoms with Crippen LogP contribution in [0.15, 0.2) is 0 Å². The third-order valence-electron chi connectivity index (χ3n) is 5.39. The average molecular weight is 267 g/mol. The fourth-order valence-electron chi connectivity index (χ4n) is 4.14. The molecule has 0 radical (unpaired) electrons. The van der Waals surface area contributed by atoms with Crippen molar-refractivity contribution in [3.05, 3.63) is 0 Å². The summed E-state index contributed by atoms with van der Waals surface area (Å²) in [5.41, 5.74) is 0.430. The maximum absolute atomic E-state index is 3.60. The van der Waals surface area contributed by atoms with E-state index in [9.17, 15) is 0 Å². The van der Waals surface area contributed by atoms with Crippen molar-refractivity contribution in [1.29, 1.82) is 0 Å². The van der Waals surface area contributed by atoms with E-state index in [-0.39, 0.29) is 0 Å². The lowest BCUT2D eigenvalue weighted by molar-refractivity contribution is 0.0626. The molecule has 2 unspecified atom stereocenters. The molecule has 2 rings (SSSR count). The molecular formula is C16H33N3. The third-order valence-corrected chi connectivity index (χ3v) is 5.39. The van der Waals surface area contributed by atoms with E-state index < -0.39 is 0 Å². The van der Waals surface area contributed by atoms with E-state index in [0.29, 0.717) is 17.5 Å². The Bertz CT molecular complexity index is 271. The number of rotatable bonds is 5. The van der Waals surface area contributed by atoms with E-state index in [2.05, 4.69) is 43.1 Å². The lowest BCUT2D eigenvalue weighted by Crippen LogP contribution is -2.57. The van der Waals surface area contributed by atoms with Crippen molar-refractivity contribution in [3.63, 3.8) is 0 Å². The number of nitrogens with zero attached hydrogens (tertiary/aromatic N) is 2. The van der Waals surface area contributed by atoms with Gasteiger partial charge in [-0.25, -0.2) is 0 Å². The van der Waals surface area contributed by atoms with Crippen LogP contribution in [0.25, 0.3) is 0 Å². The molecular weight excluding hydrogens is 234 g/mol. The molecule has 3 nitrogen and oxygen atoms in total. The molecule has 0 amide bonds. The zero-order chi connectivity index (χ0) is 13.9. The monoisotopic (exact) mass is 267 g/mol. The van der Waals surface area contributed by atoms with Gasteiger partial charge in [0.1, 0.15) is 0 Å². The van der Waals surface area contributed by atoms with E-state index in [1.807, 2.05) is 0 Å². The second kappa shape index (κ2) is 6.55. The maximum atomic E-state index is 3.60. The fraction of sp³-hybridized carbons (Fsp3) is 1.00. The zero-order valence-electron chi connectivity index (χ0n) is 13.4. The predicted octanol–water partition coefficient (Wildman–Crippen LogP) is 2.18. The minimum Gasteiger partial charge on any atom is -0.315 e. The highest BCUT2D eigenvalue weighted by atomic mass is 15.2. The van der Waals surface area contributed by atoms with Crippen LogP contribution >= 0.6 is 0 Å². The number of likely N-dealkylation sites (N-methyl/N-ethyl adjacent to an activating group) is 2. The number of hydrogen-bond acceptors (Lipinski definition) is 3. The molecule has 1 saturated carbocycles. The van der Waals surface area contributed by atoms with Gasteiger partial charge in [0.25, 0.3) is 0 Å². The summed E-state index contributed by atoms with van der Waals surface area (Å²) in [4.78, 5) is 5.24. The molecule has 1 heterocycles. The highest BCUT2D eigenvalue weighted by Gasteiger charge is 2.39. The zero-order valence-corrected chi connectivity index (χ0v) is 13.4. The average Bonchev–Trinajstić information content (AvgIpc) is 2.87. The van der Waals surface area contributed by atoms with Crippen LogP contribution in [-0.4, -0.2) is 62.2 Å². The quantitative estimate of drug-likeness (QED) is 0.824. The normalized spacial score (nSPS) is 32.1. The largest absolute Gasteiger partial charge is 0.315 e. The fourth-order valence-corrected chi connectivity index (χ4v) is 4.14. The standard InChI is InChI=1S/C16H33N3/c1-16(2)9-7-8-14(15(16)17-3)18(4)12-13-19-10-5-6-11-19/h14-15,17H,5-13H2,1-4H3. The molecule has 0 aromatic heterocycles. The van der Waals surface area contributed by atoms with Crippen molar-refractivity contribution < 1.29 is 0 Å². The Morgan fingerprint density at radius 3 is 2.53 bits per heavy atom. The second-order valence-electron chi connectivity index (χ2n) is 7.24. The molecule has 2 aliphatic rings. The van der Waals surface area contributed by atoms with E-state index >= 15 is 0 Å². The Labute approximate surface area is 119 Å². The molecule has 0 spiro atoms. The van der Waals surface area contributed by atoms with Crippen LogP contribution in [0.3, 0.4) is 0 Å². The van der Waals surface area contributed by atoms with Gasteiger partial charge >= 0.3 is 0 Å². The molecule has 1 N–H and O–H groups in total. The van der Waals surface area contributed by atoms with Gasteiger partial charge < -0.3 is 15.1 Å². The van der Waals surface area contributed by atoms with Crippen molar-refractivity contribution in [2.24, 2.45) is 5.41 Å². The number of likely N-dealkylation sites (tertiary alicyclic amines) is 1. The molecule has 0 aromatic carbocycles. The van der Waals surface area contributed by atoms with Crippen molar-refractivity contribution >= 4 is 0 Å². The van der Waals surface area contributed by atoms with Crippen LogP contribution < -0.4 is 5.32 Å². The molecule has 2 atom stereocenters. The van der Waals surface area contributed by atoms with Gasteiger partial charge in [0.2, 0.25) is 0 Å². The summed E-state index contributed by atoms with van der Waals surface area (Å²) in [6, 6.07) is 1.33. The summed E-state index contributed by atoms with van der Waals surface area (Å²) in [6.07, 6.45) is 6.89. The molecule has 112 valence electrons. The lowest BCUT2D eigenvalue weighted by Gasteiger charge is -2.47. The summed E-state index contributed by atoms with van der Waals surface area (Å²) in [7, 11) is 4.46. The molecule has 1 aliphatic heterocycles. The molecule has 0 bridgehead atoms. The van der Waals surface area contributed by atoms with Gasteiger partial charge in [-0.1, -0.05) is 20.3 Å². The summed E-state index contributed by atoms with van der Waals surface area (Å²) >= 11 is 0. The smallest absolute Gasteiger partial charge is 0.0271 e. The molecule has 2 fully saturated rings. The van der Waals surface area contributed by atoms with Crippen molar-refractivity contribution in [2.45, 2.75) is 58.0 Å². The van der Waals surface area contributed by atoms with Crippen molar-refractivity contribution in [3.8, 4) is 0 Å². The van der Waals surface area contributed by atoms with Gasteiger partial charge in [0, 0.05) is 25.2 Å². The minimum absolute atomic E-state index is 0.430. The van der Waals surface area contributed by atoms with Crippen LogP contribution in [-0.2, 0) is 0 Å². The van der Waals surface area contributed by atoms with Gasteiger partial charge in [-0.05, 0) is 58.3 Å². The van der Waals surface area contributed by atoms with Crippen LogP contribution in [0.4, 0.5) is 0 Å². The highest BCUT2D eigenvalue weighted by molar-refractivity contribution is 4.97. The summed E-state index contributed by atoms with van der Waals surface area (Å²) in [6.45, 7) is 9.96. The Kier molecular flexibility index (Phi) is 5.27. The molecule has 19 heavy (non-hydrogen) atoms. The molecule has 3 heteroatoms. The van der Waals surface area contributed by atoms with E-state index in [1.54, 1.807) is 0 Å². The molecule has 1 saturated heterocycles. The Balaban J connectivity index is 1.87. The first kappa shape index (κ1) is 15.3. The Morgan fingerprint density at radius 1 is 1.21 bits per heavy atom. The van der Waals surface area contributed by atoms with Crippen LogP contribution in [0.2, 0.25) is 0 Å². The maximum Gasteiger partial charge on any atom is 0.0271 e.